The van der Waals surface area contributed by atoms with Crippen molar-refractivity contribution < 1.29 is 19.0 Å². The van der Waals surface area contributed by atoms with E-state index in [2.05, 4.69) is 5.32 Å². The summed E-state index contributed by atoms with van der Waals surface area (Å²) in [6, 6.07) is 12.9. The van der Waals surface area contributed by atoms with Gasteiger partial charge in [-0.25, -0.2) is 0 Å². The molecule has 2 aromatic carbocycles. The molecule has 0 aliphatic heterocycles. The van der Waals surface area contributed by atoms with Crippen LogP contribution in [0.1, 0.15) is 28.9 Å². The molecular formula is C18H21NO4. The maximum absolute atomic E-state index is 12.6. The minimum Gasteiger partial charge on any atom is -0.496 e. The molecule has 1 amide bonds. The summed E-state index contributed by atoms with van der Waals surface area (Å²) in [5.41, 5.74) is 1.42. The monoisotopic (exact) mass is 315 g/mol. The van der Waals surface area contributed by atoms with Crippen molar-refractivity contribution in [2.45, 2.75) is 13.0 Å². The third-order valence-electron chi connectivity index (χ3n) is 3.60. The van der Waals surface area contributed by atoms with E-state index < -0.39 is 0 Å². The summed E-state index contributed by atoms with van der Waals surface area (Å²) < 4.78 is 15.8. The van der Waals surface area contributed by atoms with Gasteiger partial charge in [0.05, 0.1) is 32.9 Å². The molecule has 0 heterocycles. The molecule has 0 aliphatic carbocycles. The van der Waals surface area contributed by atoms with Crippen LogP contribution in [0.2, 0.25) is 0 Å². The van der Waals surface area contributed by atoms with Gasteiger partial charge in [-0.3, -0.25) is 4.79 Å². The Balaban J connectivity index is 2.28. The first-order chi connectivity index (χ1) is 11.1. The minimum absolute atomic E-state index is 0.124. The molecule has 0 spiro atoms. The Morgan fingerprint density at radius 1 is 0.913 bits per heavy atom. The smallest absolute Gasteiger partial charge is 0.255 e. The van der Waals surface area contributed by atoms with Gasteiger partial charge in [-0.2, -0.15) is 0 Å². The molecule has 0 bridgehead atoms. The van der Waals surface area contributed by atoms with Gasteiger partial charge in [0.25, 0.3) is 5.91 Å². The summed E-state index contributed by atoms with van der Waals surface area (Å²) in [5, 5.41) is 2.96. The largest absolute Gasteiger partial charge is 0.496 e. The van der Waals surface area contributed by atoms with Gasteiger partial charge in [-0.15, -0.1) is 0 Å². The lowest BCUT2D eigenvalue weighted by molar-refractivity contribution is 0.0936. The van der Waals surface area contributed by atoms with Gasteiger partial charge < -0.3 is 19.5 Å². The number of methoxy groups -OCH3 is 3. The second-order valence-electron chi connectivity index (χ2n) is 5.01. The number of hydrogen-bond donors (Lipinski definition) is 1. The summed E-state index contributed by atoms with van der Waals surface area (Å²) >= 11 is 0. The number of benzene rings is 2. The molecule has 122 valence electrons. The van der Waals surface area contributed by atoms with Crippen LogP contribution in [-0.2, 0) is 0 Å². The van der Waals surface area contributed by atoms with Gasteiger partial charge in [-0.05, 0) is 12.5 Å². The third kappa shape index (κ3) is 3.74. The van der Waals surface area contributed by atoms with Crippen LogP contribution in [-0.4, -0.2) is 27.2 Å². The van der Waals surface area contributed by atoms with Crippen LogP contribution in [0.25, 0.3) is 0 Å². The van der Waals surface area contributed by atoms with E-state index in [1.165, 1.54) is 21.3 Å². The molecular weight excluding hydrogens is 294 g/mol. The zero-order valence-electron chi connectivity index (χ0n) is 13.8. The molecule has 5 nitrogen and oxygen atoms in total. The van der Waals surface area contributed by atoms with Crippen LogP contribution in [0.4, 0.5) is 0 Å². The second kappa shape index (κ2) is 7.54. The number of carbonyl (C=O) groups is 1. The molecule has 2 rings (SSSR count). The predicted molar refractivity (Wildman–Crippen MR) is 88.4 cm³/mol. The first kappa shape index (κ1) is 16.7. The van der Waals surface area contributed by atoms with Gasteiger partial charge >= 0.3 is 0 Å². The molecule has 0 aliphatic rings. The normalized spacial score (nSPS) is 11.5. The van der Waals surface area contributed by atoms with Crippen molar-refractivity contribution in [3.05, 3.63) is 53.6 Å². The zero-order chi connectivity index (χ0) is 16.8. The number of nitrogens with one attached hydrogen (secondary N) is 1. The maximum atomic E-state index is 12.6. The lowest BCUT2D eigenvalue weighted by Crippen LogP contribution is -2.27. The molecule has 23 heavy (non-hydrogen) atoms. The molecule has 5 heteroatoms. The van der Waals surface area contributed by atoms with Crippen molar-refractivity contribution in [1.82, 2.24) is 5.32 Å². The van der Waals surface area contributed by atoms with E-state index in [0.717, 1.165) is 5.56 Å². The van der Waals surface area contributed by atoms with Crippen molar-refractivity contribution in [2.24, 2.45) is 0 Å². The first-order valence-corrected chi connectivity index (χ1v) is 7.26. The standard InChI is InChI=1S/C18H21NO4/c1-12(13-8-6-5-7-9-13)19-18(20)14-10-16(22-3)17(23-4)11-15(14)21-2/h5-12H,1-4H3,(H,19,20)/t12-/m0/s1. The maximum Gasteiger partial charge on any atom is 0.255 e. The van der Waals surface area contributed by atoms with Crippen LogP contribution >= 0.6 is 0 Å². The van der Waals surface area contributed by atoms with E-state index in [-0.39, 0.29) is 11.9 Å². The molecule has 0 saturated carbocycles. The Labute approximate surface area is 136 Å². The average molecular weight is 315 g/mol. The summed E-state index contributed by atoms with van der Waals surface area (Å²) in [4.78, 5) is 12.6. The van der Waals surface area contributed by atoms with Crippen LogP contribution in [0.15, 0.2) is 42.5 Å². The highest BCUT2D eigenvalue weighted by Crippen LogP contribution is 2.34. The van der Waals surface area contributed by atoms with Gasteiger partial charge in [0, 0.05) is 12.1 Å². The number of hydrogen-bond acceptors (Lipinski definition) is 4. The lowest BCUT2D eigenvalue weighted by Gasteiger charge is -2.17. The van der Waals surface area contributed by atoms with Crippen molar-refractivity contribution >= 4 is 5.91 Å². The fourth-order valence-corrected chi connectivity index (χ4v) is 2.31. The predicted octanol–water partition coefficient (Wildman–Crippen LogP) is 3.20. The molecule has 1 atom stereocenters. The van der Waals surface area contributed by atoms with Gasteiger partial charge in [0.15, 0.2) is 11.5 Å². The van der Waals surface area contributed by atoms with Crippen LogP contribution in [0.3, 0.4) is 0 Å². The first-order valence-electron chi connectivity index (χ1n) is 7.26. The lowest BCUT2D eigenvalue weighted by atomic mass is 10.1. The van der Waals surface area contributed by atoms with Crippen molar-refractivity contribution in [3.8, 4) is 17.2 Å². The number of ether oxygens (including phenoxy) is 3. The fourth-order valence-electron chi connectivity index (χ4n) is 2.31. The highest BCUT2D eigenvalue weighted by atomic mass is 16.5. The summed E-state index contributed by atoms with van der Waals surface area (Å²) in [6.45, 7) is 1.93. The van der Waals surface area contributed by atoms with E-state index >= 15 is 0 Å². The van der Waals surface area contributed by atoms with Crippen LogP contribution < -0.4 is 19.5 Å². The van der Waals surface area contributed by atoms with Gasteiger partial charge in [-0.1, -0.05) is 30.3 Å². The molecule has 0 unspecified atom stereocenters. The zero-order valence-corrected chi connectivity index (χ0v) is 13.8. The number of carbonyl (C=O) groups excluding carboxylic acids is 1. The number of amides is 1. The quantitative estimate of drug-likeness (QED) is 0.889. The van der Waals surface area contributed by atoms with Crippen molar-refractivity contribution in [2.75, 3.05) is 21.3 Å². The van der Waals surface area contributed by atoms with Gasteiger partial charge in [0.2, 0.25) is 0 Å². The van der Waals surface area contributed by atoms with E-state index in [0.29, 0.717) is 22.8 Å². The summed E-state index contributed by atoms with van der Waals surface area (Å²) in [6.07, 6.45) is 0. The minimum atomic E-state index is -0.237. The molecule has 1 N–H and O–H groups in total. The Bertz CT molecular complexity index is 670. The molecule has 2 aromatic rings. The van der Waals surface area contributed by atoms with E-state index in [1.54, 1.807) is 12.1 Å². The Morgan fingerprint density at radius 3 is 2.04 bits per heavy atom. The van der Waals surface area contributed by atoms with Crippen molar-refractivity contribution in [3.63, 3.8) is 0 Å². The molecule has 0 radical (unpaired) electrons. The van der Waals surface area contributed by atoms with Crippen molar-refractivity contribution in [1.29, 1.82) is 0 Å². The van der Waals surface area contributed by atoms with Gasteiger partial charge in [0.1, 0.15) is 5.75 Å². The highest BCUT2D eigenvalue weighted by molar-refractivity contribution is 5.98. The van der Waals surface area contributed by atoms with E-state index in [4.69, 9.17) is 14.2 Å². The van der Waals surface area contributed by atoms with Crippen LogP contribution in [0, 0.1) is 0 Å². The Kier molecular flexibility index (Phi) is 5.46. The average Bonchev–Trinajstić information content (AvgIpc) is 2.60. The third-order valence-corrected chi connectivity index (χ3v) is 3.60. The van der Waals surface area contributed by atoms with Crippen LogP contribution in [0.5, 0.6) is 17.2 Å². The SMILES string of the molecule is COc1cc(OC)c(C(=O)N[C@@H](C)c2ccccc2)cc1OC. The fraction of sp³-hybridized carbons (Fsp3) is 0.278. The highest BCUT2D eigenvalue weighted by Gasteiger charge is 2.19. The van der Waals surface area contributed by atoms with E-state index in [1.807, 2.05) is 37.3 Å². The topological polar surface area (TPSA) is 56.8 Å². The number of rotatable bonds is 6. The summed E-state index contributed by atoms with van der Waals surface area (Å²) in [7, 11) is 4.58. The Morgan fingerprint density at radius 2 is 1.48 bits per heavy atom. The summed E-state index contributed by atoms with van der Waals surface area (Å²) in [5.74, 6) is 1.18. The molecule has 0 fully saturated rings. The second-order valence-corrected chi connectivity index (χ2v) is 5.01. The molecule has 0 saturated heterocycles. The van der Waals surface area contributed by atoms with E-state index in [9.17, 15) is 4.79 Å². The Hall–Kier alpha value is -2.69. The molecule has 0 aromatic heterocycles.